The van der Waals surface area contributed by atoms with Crippen LogP contribution in [0.15, 0.2) is 0 Å². The van der Waals surface area contributed by atoms with Gasteiger partial charge in [0.1, 0.15) is 0 Å². The molecule has 2 aliphatic rings. The molecule has 0 radical (unpaired) electrons. The van der Waals surface area contributed by atoms with Crippen molar-refractivity contribution in [3.63, 3.8) is 0 Å². The van der Waals surface area contributed by atoms with Crippen molar-refractivity contribution in [2.45, 2.75) is 32.6 Å². The summed E-state index contributed by atoms with van der Waals surface area (Å²) >= 11 is 0. The van der Waals surface area contributed by atoms with Crippen LogP contribution < -0.4 is 0 Å². The van der Waals surface area contributed by atoms with Crippen LogP contribution >= 0.6 is 0 Å². The lowest BCUT2D eigenvalue weighted by molar-refractivity contribution is -0.139. The zero-order chi connectivity index (χ0) is 10.9. The van der Waals surface area contributed by atoms with Crippen molar-refractivity contribution in [2.24, 2.45) is 5.41 Å². The van der Waals surface area contributed by atoms with Gasteiger partial charge in [-0.05, 0) is 51.7 Å². The Balaban J connectivity index is 1.98. The summed E-state index contributed by atoms with van der Waals surface area (Å²) < 4.78 is 0. The molecule has 2 rings (SSSR count). The van der Waals surface area contributed by atoms with Crippen molar-refractivity contribution in [3.05, 3.63) is 0 Å². The fourth-order valence-corrected chi connectivity index (χ4v) is 2.87. The Morgan fingerprint density at radius 3 is 2.33 bits per heavy atom. The molecule has 2 fully saturated rings. The van der Waals surface area contributed by atoms with Crippen LogP contribution in [0.25, 0.3) is 0 Å². The highest BCUT2D eigenvalue weighted by molar-refractivity contribution is 5.77. The highest BCUT2D eigenvalue weighted by atomic mass is 16.2. The van der Waals surface area contributed by atoms with E-state index in [1.54, 1.807) is 0 Å². The summed E-state index contributed by atoms with van der Waals surface area (Å²) in [5.41, 5.74) is 0.356. The second-order valence-corrected chi connectivity index (χ2v) is 5.20. The van der Waals surface area contributed by atoms with E-state index in [2.05, 4.69) is 18.9 Å². The van der Waals surface area contributed by atoms with Crippen molar-refractivity contribution in [2.75, 3.05) is 33.2 Å². The maximum Gasteiger partial charge on any atom is 0.223 e. The number of amides is 1. The minimum Gasteiger partial charge on any atom is -0.343 e. The van der Waals surface area contributed by atoms with Gasteiger partial charge in [-0.15, -0.1) is 0 Å². The number of nitrogens with zero attached hydrogens (tertiary/aromatic N) is 2. The van der Waals surface area contributed by atoms with E-state index in [1.807, 2.05) is 4.90 Å². The Hall–Kier alpha value is -0.570. The Morgan fingerprint density at radius 1 is 1.20 bits per heavy atom. The third-order valence-corrected chi connectivity index (χ3v) is 4.22. The summed E-state index contributed by atoms with van der Waals surface area (Å²) in [6.07, 6.45) is 4.45. The summed E-state index contributed by atoms with van der Waals surface area (Å²) in [6, 6.07) is 0. The van der Waals surface area contributed by atoms with Crippen molar-refractivity contribution >= 4 is 5.91 Å². The van der Waals surface area contributed by atoms with Gasteiger partial charge in [-0.3, -0.25) is 4.79 Å². The molecule has 0 bridgehead atoms. The highest BCUT2D eigenvalue weighted by Gasteiger charge is 2.39. The van der Waals surface area contributed by atoms with Crippen molar-refractivity contribution in [1.29, 1.82) is 0 Å². The minimum absolute atomic E-state index is 0.356. The SMILES string of the molecule is CCN1CCC2(CCN(C)CC2)CC1=O. The van der Waals surface area contributed by atoms with Gasteiger partial charge in [0.05, 0.1) is 0 Å². The van der Waals surface area contributed by atoms with E-state index in [0.717, 1.165) is 19.5 Å². The molecule has 0 unspecified atom stereocenters. The van der Waals surface area contributed by atoms with Crippen LogP contribution in [0.4, 0.5) is 0 Å². The summed E-state index contributed by atoms with van der Waals surface area (Å²) in [7, 11) is 2.18. The maximum atomic E-state index is 11.9. The molecule has 86 valence electrons. The zero-order valence-electron chi connectivity index (χ0n) is 9.96. The molecule has 15 heavy (non-hydrogen) atoms. The van der Waals surface area contributed by atoms with Crippen LogP contribution in [0.3, 0.4) is 0 Å². The third-order valence-electron chi connectivity index (χ3n) is 4.22. The molecular formula is C12H22N2O. The van der Waals surface area contributed by atoms with E-state index in [1.165, 1.54) is 32.4 Å². The number of carbonyl (C=O) groups is 1. The lowest BCUT2D eigenvalue weighted by Crippen LogP contribution is -2.48. The predicted molar refractivity (Wildman–Crippen MR) is 60.7 cm³/mol. The molecule has 3 heteroatoms. The molecule has 0 aromatic carbocycles. The Labute approximate surface area is 92.4 Å². The second kappa shape index (κ2) is 4.12. The van der Waals surface area contributed by atoms with E-state index in [0.29, 0.717) is 11.3 Å². The van der Waals surface area contributed by atoms with Gasteiger partial charge in [0.25, 0.3) is 0 Å². The van der Waals surface area contributed by atoms with Gasteiger partial charge < -0.3 is 9.80 Å². The first-order valence-electron chi connectivity index (χ1n) is 6.11. The monoisotopic (exact) mass is 210 g/mol. The van der Waals surface area contributed by atoms with Crippen LogP contribution in [0.1, 0.15) is 32.6 Å². The molecular weight excluding hydrogens is 188 g/mol. The highest BCUT2D eigenvalue weighted by Crippen LogP contribution is 2.41. The van der Waals surface area contributed by atoms with E-state index in [4.69, 9.17) is 0 Å². The van der Waals surface area contributed by atoms with Gasteiger partial charge in [0.15, 0.2) is 0 Å². The number of piperidine rings is 2. The summed E-state index contributed by atoms with van der Waals surface area (Å²) in [5, 5.41) is 0. The summed E-state index contributed by atoms with van der Waals surface area (Å²) in [5.74, 6) is 0.383. The molecule has 3 nitrogen and oxygen atoms in total. The standard InChI is InChI=1S/C12H22N2O/c1-3-14-9-6-12(10-11(14)15)4-7-13(2)8-5-12/h3-10H2,1-2H3. The second-order valence-electron chi connectivity index (χ2n) is 5.20. The largest absolute Gasteiger partial charge is 0.343 e. The van der Waals surface area contributed by atoms with Gasteiger partial charge in [-0.2, -0.15) is 0 Å². The van der Waals surface area contributed by atoms with E-state index in [9.17, 15) is 4.79 Å². The van der Waals surface area contributed by atoms with E-state index < -0.39 is 0 Å². The Bertz CT molecular complexity index is 244. The first-order chi connectivity index (χ1) is 7.15. The smallest absolute Gasteiger partial charge is 0.223 e. The lowest BCUT2D eigenvalue weighted by Gasteiger charge is -2.45. The third kappa shape index (κ3) is 2.17. The molecule has 1 spiro atoms. The van der Waals surface area contributed by atoms with Gasteiger partial charge >= 0.3 is 0 Å². The number of rotatable bonds is 1. The Kier molecular flexibility index (Phi) is 3.01. The average molecular weight is 210 g/mol. The lowest BCUT2D eigenvalue weighted by atomic mass is 9.71. The van der Waals surface area contributed by atoms with Crippen LogP contribution in [0, 0.1) is 5.41 Å². The summed E-state index contributed by atoms with van der Waals surface area (Å²) in [4.78, 5) is 16.3. The number of hydrogen-bond donors (Lipinski definition) is 0. The molecule has 0 N–H and O–H groups in total. The first kappa shape index (κ1) is 10.9. The van der Waals surface area contributed by atoms with Crippen molar-refractivity contribution in [1.82, 2.24) is 9.80 Å². The normalized spacial score (nSPS) is 27.3. The van der Waals surface area contributed by atoms with E-state index >= 15 is 0 Å². The van der Waals surface area contributed by atoms with Crippen LogP contribution in [-0.4, -0.2) is 48.9 Å². The number of likely N-dealkylation sites (tertiary alicyclic amines) is 2. The van der Waals surface area contributed by atoms with Gasteiger partial charge in [-0.25, -0.2) is 0 Å². The minimum atomic E-state index is 0.356. The maximum absolute atomic E-state index is 11.9. The molecule has 0 aliphatic carbocycles. The fraction of sp³-hybridized carbons (Fsp3) is 0.917. The molecule has 2 heterocycles. The molecule has 2 saturated heterocycles. The van der Waals surface area contributed by atoms with Crippen molar-refractivity contribution in [3.8, 4) is 0 Å². The number of carbonyl (C=O) groups excluding carboxylic acids is 1. The topological polar surface area (TPSA) is 23.6 Å². The summed E-state index contributed by atoms with van der Waals surface area (Å²) in [6.45, 7) is 6.28. The van der Waals surface area contributed by atoms with Crippen molar-refractivity contribution < 1.29 is 4.79 Å². The zero-order valence-corrected chi connectivity index (χ0v) is 9.96. The van der Waals surface area contributed by atoms with Crippen LogP contribution in [0.5, 0.6) is 0 Å². The molecule has 0 saturated carbocycles. The quantitative estimate of drug-likeness (QED) is 0.652. The molecule has 2 aliphatic heterocycles. The van der Waals surface area contributed by atoms with Crippen LogP contribution in [-0.2, 0) is 4.79 Å². The first-order valence-corrected chi connectivity index (χ1v) is 6.11. The fourth-order valence-electron chi connectivity index (χ4n) is 2.87. The van der Waals surface area contributed by atoms with Crippen LogP contribution in [0.2, 0.25) is 0 Å². The Morgan fingerprint density at radius 2 is 1.80 bits per heavy atom. The van der Waals surface area contributed by atoms with E-state index in [-0.39, 0.29) is 0 Å². The molecule has 0 aromatic rings. The van der Waals surface area contributed by atoms with Gasteiger partial charge in [0.2, 0.25) is 5.91 Å². The number of hydrogen-bond acceptors (Lipinski definition) is 2. The average Bonchev–Trinajstić information content (AvgIpc) is 2.23. The molecule has 0 atom stereocenters. The van der Waals surface area contributed by atoms with Gasteiger partial charge in [0, 0.05) is 19.5 Å². The van der Waals surface area contributed by atoms with Gasteiger partial charge in [-0.1, -0.05) is 0 Å². The molecule has 0 aromatic heterocycles. The molecule has 1 amide bonds. The predicted octanol–water partition coefficient (Wildman–Crippen LogP) is 1.34.